The quantitative estimate of drug-likeness (QED) is 0.650. The van der Waals surface area contributed by atoms with Crippen LogP contribution in [0.1, 0.15) is 44.5 Å². The van der Waals surface area contributed by atoms with Crippen molar-refractivity contribution in [3.8, 4) is 5.88 Å². The fraction of sp³-hybridized carbons (Fsp3) is 0.409. The number of aromatic nitrogens is 2. The molecule has 8 nitrogen and oxygen atoms in total. The van der Waals surface area contributed by atoms with Gasteiger partial charge in [-0.3, -0.25) is 4.99 Å². The summed E-state index contributed by atoms with van der Waals surface area (Å²) < 4.78 is 58.9. The van der Waals surface area contributed by atoms with Gasteiger partial charge in [-0.15, -0.1) is 0 Å². The van der Waals surface area contributed by atoms with Crippen molar-refractivity contribution in [2.75, 3.05) is 12.4 Å². The molecule has 1 aliphatic heterocycles. The highest BCUT2D eigenvalue weighted by molar-refractivity contribution is 7.93. The number of nitrogens with two attached hydrogens (primary N) is 1. The number of benzene rings is 1. The number of hydrogen-bond acceptors (Lipinski definition) is 8. The Kier molecular flexibility index (Phi) is 6.58. The Labute approximate surface area is 191 Å². The lowest BCUT2D eigenvalue weighted by Crippen LogP contribution is -2.55. The third kappa shape index (κ3) is 5.03. The first-order chi connectivity index (χ1) is 15.2. The molecule has 0 saturated heterocycles. The van der Waals surface area contributed by atoms with Gasteiger partial charge >= 0.3 is 0 Å². The lowest BCUT2D eigenvalue weighted by atomic mass is 9.91. The summed E-state index contributed by atoms with van der Waals surface area (Å²) in [6.45, 7) is 5.95. The maximum Gasteiger partial charge on any atom is 0.232 e. The molecule has 2 heterocycles. The highest BCUT2D eigenvalue weighted by Crippen LogP contribution is 2.38. The molecule has 0 saturated carbocycles. The van der Waals surface area contributed by atoms with E-state index >= 15 is 0 Å². The molecule has 1 aromatic carbocycles. The Balaban J connectivity index is 1.93. The molecule has 178 valence electrons. The number of rotatable bonds is 6. The van der Waals surface area contributed by atoms with E-state index in [0.717, 1.165) is 18.3 Å². The first-order valence-corrected chi connectivity index (χ1v) is 11.8. The molecule has 3 rings (SSSR count). The molecule has 0 unspecified atom stereocenters. The summed E-state index contributed by atoms with van der Waals surface area (Å²) >= 11 is 0. The van der Waals surface area contributed by atoms with E-state index in [1.807, 2.05) is 0 Å². The molecule has 0 radical (unpaired) electrons. The number of aliphatic hydroxyl groups is 1. The topological polar surface area (TPSA) is 128 Å². The number of amidine groups is 1. The van der Waals surface area contributed by atoms with Crippen molar-refractivity contribution in [3.05, 3.63) is 53.2 Å². The van der Waals surface area contributed by atoms with Crippen molar-refractivity contribution in [2.24, 2.45) is 10.7 Å². The smallest absolute Gasteiger partial charge is 0.232 e. The minimum Gasteiger partial charge on any atom is -0.474 e. The molecule has 0 amide bonds. The third-order valence-electron chi connectivity index (χ3n) is 5.44. The second kappa shape index (κ2) is 8.79. The van der Waals surface area contributed by atoms with Crippen molar-refractivity contribution in [1.82, 2.24) is 9.97 Å². The Bertz CT molecular complexity index is 1210. The van der Waals surface area contributed by atoms with Crippen LogP contribution in [0.5, 0.6) is 5.88 Å². The van der Waals surface area contributed by atoms with E-state index in [4.69, 9.17) is 10.5 Å². The minimum absolute atomic E-state index is 0.0148. The molecular weight excluding hydrogens is 454 g/mol. The molecule has 0 aliphatic carbocycles. The van der Waals surface area contributed by atoms with Crippen LogP contribution in [-0.4, -0.2) is 52.5 Å². The van der Waals surface area contributed by atoms with E-state index in [1.54, 1.807) is 6.92 Å². The molecule has 2 aromatic rings. The van der Waals surface area contributed by atoms with Crippen molar-refractivity contribution < 1.29 is 27.0 Å². The Morgan fingerprint density at radius 2 is 2.00 bits per heavy atom. The largest absolute Gasteiger partial charge is 0.474 e. The van der Waals surface area contributed by atoms with Gasteiger partial charge in [0.15, 0.2) is 15.7 Å². The molecule has 0 bridgehead atoms. The second-order valence-electron chi connectivity index (χ2n) is 8.67. The number of nitrogens with zero attached hydrogens (tertiary/aromatic N) is 3. The van der Waals surface area contributed by atoms with E-state index in [9.17, 15) is 22.3 Å². The summed E-state index contributed by atoms with van der Waals surface area (Å²) in [6.07, 6.45) is 2.81. The Hall–Kier alpha value is -2.92. The highest BCUT2D eigenvalue weighted by atomic mass is 32.2. The summed E-state index contributed by atoms with van der Waals surface area (Å²) in [7, 11) is -3.73. The van der Waals surface area contributed by atoms with Gasteiger partial charge in [0.2, 0.25) is 5.88 Å². The van der Waals surface area contributed by atoms with E-state index in [0.29, 0.717) is 0 Å². The molecule has 3 N–H and O–H groups in total. The van der Waals surface area contributed by atoms with Crippen LogP contribution in [0.4, 0.5) is 8.78 Å². The summed E-state index contributed by atoms with van der Waals surface area (Å²) in [6, 6.07) is 3.81. The number of aliphatic hydroxyl groups excluding tert-OH is 1. The van der Waals surface area contributed by atoms with Gasteiger partial charge in [-0.25, -0.2) is 27.2 Å². The van der Waals surface area contributed by atoms with E-state index in [1.165, 1.54) is 39.1 Å². The average Bonchev–Trinajstić information content (AvgIpc) is 2.72. The molecule has 0 fully saturated rings. The first kappa shape index (κ1) is 24.7. The normalized spacial score (nSPS) is 23.0. The standard InChI is InChI=1S/C22H26F2N4O4S/c1-13(29)11-32-19-10-26-18(9-27-19)17(24)8-14-5-6-16(23)15(7-14)22(4)12-33(30,31)21(2,3)20(25)28-22/h5-10,13,29H,11-12H2,1-4H3,(H2,25,28)/b17-8-/t13-,22+/m1/s1. The summed E-state index contributed by atoms with van der Waals surface area (Å²) in [5.41, 5.74) is 4.64. The average molecular weight is 481 g/mol. The molecule has 1 aromatic heterocycles. The van der Waals surface area contributed by atoms with Crippen LogP contribution < -0.4 is 10.5 Å². The predicted molar refractivity (Wildman–Crippen MR) is 121 cm³/mol. The van der Waals surface area contributed by atoms with Gasteiger partial charge in [0.05, 0.1) is 24.3 Å². The first-order valence-electron chi connectivity index (χ1n) is 10.1. The fourth-order valence-electron chi connectivity index (χ4n) is 3.27. The van der Waals surface area contributed by atoms with Crippen LogP contribution in [0.25, 0.3) is 11.9 Å². The molecule has 2 atom stereocenters. The maximum atomic E-state index is 14.8. The summed E-state index contributed by atoms with van der Waals surface area (Å²) in [5.74, 6) is -1.86. The van der Waals surface area contributed by atoms with Gasteiger partial charge < -0.3 is 15.6 Å². The molecule has 11 heteroatoms. The number of hydrogen-bond donors (Lipinski definition) is 2. The van der Waals surface area contributed by atoms with Crippen LogP contribution in [-0.2, 0) is 15.4 Å². The van der Waals surface area contributed by atoms with E-state index in [-0.39, 0.29) is 35.1 Å². The van der Waals surface area contributed by atoms with Gasteiger partial charge in [0.1, 0.15) is 34.2 Å². The molecular formula is C22H26F2N4O4S. The van der Waals surface area contributed by atoms with E-state index in [2.05, 4.69) is 15.0 Å². The van der Waals surface area contributed by atoms with Gasteiger partial charge in [-0.2, -0.15) is 0 Å². The van der Waals surface area contributed by atoms with Crippen LogP contribution in [0.2, 0.25) is 0 Å². The fourth-order valence-corrected chi connectivity index (χ4v) is 4.95. The zero-order valence-electron chi connectivity index (χ0n) is 18.7. The highest BCUT2D eigenvalue weighted by Gasteiger charge is 2.49. The van der Waals surface area contributed by atoms with Gasteiger partial charge in [0.25, 0.3) is 0 Å². The van der Waals surface area contributed by atoms with Crippen molar-refractivity contribution in [2.45, 2.75) is 44.1 Å². The maximum absolute atomic E-state index is 14.8. The van der Waals surface area contributed by atoms with Crippen molar-refractivity contribution >= 4 is 27.6 Å². The number of aliphatic imine (C=N–C) groups is 1. The zero-order chi connectivity index (χ0) is 24.6. The predicted octanol–water partition coefficient (Wildman–Crippen LogP) is 2.62. The lowest BCUT2D eigenvalue weighted by molar-refractivity contribution is 0.119. The lowest BCUT2D eigenvalue weighted by Gasteiger charge is -2.38. The molecule has 1 aliphatic rings. The Morgan fingerprint density at radius 1 is 1.30 bits per heavy atom. The third-order valence-corrected chi connectivity index (χ3v) is 8.15. The Morgan fingerprint density at radius 3 is 2.58 bits per heavy atom. The van der Waals surface area contributed by atoms with Gasteiger partial charge in [-0.05, 0) is 51.5 Å². The molecule has 0 spiro atoms. The van der Waals surface area contributed by atoms with Crippen LogP contribution in [0, 0.1) is 5.82 Å². The van der Waals surface area contributed by atoms with Crippen LogP contribution in [0.3, 0.4) is 0 Å². The second-order valence-corrected chi connectivity index (χ2v) is 11.2. The summed E-state index contributed by atoms with van der Waals surface area (Å²) in [5, 5.41) is 9.23. The van der Waals surface area contributed by atoms with Crippen LogP contribution in [0.15, 0.2) is 35.6 Å². The number of sulfone groups is 1. The number of ether oxygens (including phenoxy) is 1. The minimum atomic E-state index is -3.73. The SMILES string of the molecule is C[C@@H](O)COc1cnc(/C(F)=C/c2ccc(F)c([C@]3(C)CS(=O)(=O)C(C)(C)C(N)=N3)c2)cn1. The van der Waals surface area contributed by atoms with Gasteiger partial charge in [0, 0.05) is 5.56 Å². The molecule has 33 heavy (non-hydrogen) atoms. The van der Waals surface area contributed by atoms with Crippen molar-refractivity contribution in [1.29, 1.82) is 0 Å². The number of halogens is 2. The van der Waals surface area contributed by atoms with E-state index < -0.39 is 43.6 Å². The van der Waals surface area contributed by atoms with Crippen molar-refractivity contribution in [3.63, 3.8) is 0 Å². The summed E-state index contributed by atoms with van der Waals surface area (Å²) in [4.78, 5) is 12.2. The van der Waals surface area contributed by atoms with Gasteiger partial charge in [-0.1, -0.05) is 6.07 Å². The van der Waals surface area contributed by atoms with Crippen LogP contribution >= 0.6 is 0 Å². The monoisotopic (exact) mass is 480 g/mol. The zero-order valence-corrected chi connectivity index (χ0v) is 19.5.